The Kier molecular flexibility index (Phi) is 4.24. The second-order valence-electron chi connectivity index (χ2n) is 6.60. The Morgan fingerprint density at radius 1 is 0.710 bits per heavy atom. The van der Waals surface area contributed by atoms with Gasteiger partial charge in [0.05, 0.1) is 0 Å². The van der Waals surface area contributed by atoms with Gasteiger partial charge in [0.1, 0.15) is 17.1 Å². The third-order valence-corrected chi connectivity index (χ3v) is 4.93. The summed E-state index contributed by atoms with van der Waals surface area (Å²) in [6.07, 6.45) is 0. The lowest BCUT2D eigenvalue weighted by Gasteiger charge is -2.51. The standard InChI is InChI=1S/C16H4F12O3/c17-4-1-2-5-6(3-4)9(30)7(8(5)29)10(31)11(18)12(19,20)14(23,24)16(27,28)15(25,26)13(11,21)22/h1-3,30H. The molecule has 3 rings (SSSR count). The van der Waals surface area contributed by atoms with E-state index in [0.717, 1.165) is 0 Å². The number of halogens is 12. The Balaban J connectivity index is 2.33. The monoisotopic (exact) mass is 472 g/mol. The summed E-state index contributed by atoms with van der Waals surface area (Å²) in [5.74, 6) is -46.9. The molecule has 1 N–H and O–H groups in total. The van der Waals surface area contributed by atoms with Crippen molar-refractivity contribution in [2.45, 2.75) is 35.3 Å². The lowest BCUT2D eigenvalue weighted by Crippen LogP contribution is -2.85. The molecule has 0 unspecified atom stereocenters. The maximum Gasteiger partial charge on any atom is 0.384 e. The van der Waals surface area contributed by atoms with Crippen LogP contribution in [0.2, 0.25) is 0 Å². The van der Waals surface area contributed by atoms with Crippen LogP contribution in [0.15, 0.2) is 23.8 Å². The highest BCUT2D eigenvalue weighted by Crippen LogP contribution is 2.70. The summed E-state index contributed by atoms with van der Waals surface area (Å²) in [5.41, 5.74) is -11.7. The van der Waals surface area contributed by atoms with Crippen LogP contribution in [0, 0.1) is 5.82 Å². The fourth-order valence-electron chi connectivity index (χ4n) is 3.18. The largest absolute Gasteiger partial charge is 0.506 e. The van der Waals surface area contributed by atoms with Crippen LogP contribution in [-0.2, 0) is 4.79 Å². The van der Waals surface area contributed by atoms with Crippen LogP contribution in [0.3, 0.4) is 0 Å². The fraction of sp³-hybridized carbons (Fsp3) is 0.375. The third-order valence-electron chi connectivity index (χ3n) is 4.93. The number of allylic oxidation sites excluding steroid dienone is 1. The predicted octanol–water partition coefficient (Wildman–Crippen LogP) is 4.76. The Morgan fingerprint density at radius 3 is 1.58 bits per heavy atom. The highest BCUT2D eigenvalue weighted by Gasteiger charge is 3.02. The molecule has 1 fully saturated rings. The van der Waals surface area contributed by atoms with Crippen molar-refractivity contribution in [3.63, 3.8) is 0 Å². The molecule has 1 aromatic carbocycles. The molecule has 3 nitrogen and oxygen atoms in total. The molecular formula is C16H4F12O3. The van der Waals surface area contributed by atoms with Gasteiger partial charge in [-0.3, -0.25) is 9.59 Å². The number of aliphatic hydroxyl groups excluding tert-OH is 1. The predicted molar refractivity (Wildman–Crippen MR) is 73.9 cm³/mol. The number of carbonyl (C=O) groups is 2. The number of hydrogen-bond acceptors (Lipinski definition) is 3. The molecule has 0 spiro atoms. The number of aliphatic hydroxyl groups is 1. The van der Waals surface area contributed by atoms with Gasteiger partial charge in [-0.2, -0.15) is 43.9 Å². The Labute approximate surface area is 161 Å². The van der Waals surface area contributed by atoms with Crippen molar-refractivity contribution in [1.82, 2.24) is 0 Å². The molecule has 1 saturated carbocycles. The first-order valence-electron chi connectivity index (χ1n) is 7.64. The van der Waals surface area contributed by atoms with Crippen molar-refractivity contribution < 1.29 is 67.4 Å². The van der Waals surface area contributed by atoms with E-state index in [2.05, 4.69) is 0 Å². The number of benzene rings is 1. The van der Waals surface area contributed by atoms with Crippen molar-refractivity contribution in [3.8, 4) is 0 Å². The summed E-state index contributed by atoms with van der Waals surface area (Å²) in [5, 5.41) is 9.75. The van der Waals surface area contributed by atoms with Gasteiger partial charge >= 0.3 is 35.3 Å². The van der Waals surface area contributed by atoms with E-state index in [1.165, 1.54) is 0 Å². The maximum atomic E-state index is 14.8. The van der Waals surface area contributed by atoms with Gasteiger partial charge in [-0.15, -0.1) is 0 Å². The van der Waals surface area contributed by atoms with Gasteiger partial charge in [0.2, 0.25) is 11.6 Å². The molecule has 170 valence electrons. The van der Waals surface area contributed by atoms with Crippen molar-refractivity contribution in [3.05, 3.63) is 40.7 Å². The normalized spacial score (nSPS) is 26.5. The van der Waals surface area contributed by atoms with Gasteiger partial charge in [0.15, 0.2) is 0 Å². The fourth-order valence-corrected chi connectivity index (χ4v) is 3.18. The quantitative estimate of drug-likeness (QED) is 0.499. The summed E-state index contributed by atoms with van der Waals surface area (Å²) in [6, 6.07) is 1.10. The molecule has 0 bridgehead atoms. The van der Waals surface area contributed by atoms with Crippen LogP contribution in [0.25, 0.3) is 5.76 Å². The van der Waals surface area contributed by atoms with Crippen molar-refractivity contribution in [2.75, 3.05) is 0 Å². The summed E-state index contributed by atoms with van der Waals surface area (Å²) in [6.45, 7) is 0. The molecule has 0 saturated heterocycles. The van der Waals surface area contributed by atoms with Gasteiger partial charge in [-0.1, -0.05) is 0 Å². The summed E-state index contributed by atoms with van der Waals surface area (Å²) in [4.78, 5) is 24.2. The number of ketones is 2. The number of hydrogen-bond donors (Lipinski definition) is 1. The van der Waals surface area contributed by atoms with E-state index in [4.69, 9.17) is 0 Å². The van der Waals surface area contributed by atoms with Gasteiger partial charge < -0.3 is 5.11 Å². The molecule has 0 radical (unpaired) electrons. The van der Waals surface area contributed by atoms with E-state index >= 15 is 0 Å². The van der Waals surface area contributed by atoms with Gasteiger partial charge in [-0.05, 0) is 18.2 Å². The van der Waals surface area contributed by atoms with E-state index in [1.807, 2.05) is 0 Å². The van der Waals surface area contributed by atoms with Crippen LogP contribution in [0.1, 0.15) is 15.9 Å². The first kappa shape index (κ1) is 22.9. The Bertz CT molecular complexity index is 1030. The molecular weight excluding hydrogens is 468 g/mol. The zero-order chi connectivity index (χ0) is 24.2. The highest BCUT2D eigenvalue weighted by molar-refractivity contribution is 6.36. The molecule has 0 aliphatic heterocycles. The molecule has 0 aromatic heterocycles. The minimum absolute atomic E-state index is 0.211. The minimum atomic E-state index is -7.56. The second kappa shape index (κ2) is 5.73. The van der Waals surface area contributed by atoms with E-state index in [1.54, 1.807) is 0 Å². The molecule has 0 heterocycles. The third kappa shape index (κ3) is 2.14. The smallest absolute Gasteiger partial charge is 0.384 e. The number of fused-ring (bicyclic) bond motifs is 1. The Morgan fingerprint density at radius 2 is 1.13 bits per heavy atom. The van der Waals surface area contributed by atoms with Crippen LogP contribution in [0.5, 0.6) is 0 Å². The molecule has 2 aliphatic rings. The van der Waals surface area contributed by atoms with Crippen LogP contribution in [-0.4, -0.2) is 52.0 Å². The second-order valence-corrected chi connectivity index (χ2v) is 6.60. The lowest BCUT2D eigenvalue weighted by atomic mass is 9.68. The van der Waals surface area contributed by atoms with Gasteiger partial charge in [-0.25, -0.2) is 8.78 Å². The average Bonchev–Trinajstić information content (AvgIpc) is 2.88. The summed E-state index contributed by atoms with van der Waals surface area (Å²) >= 11 is 0. The van der Waals surface area contributed by atoms with Crippen molar-refractivity contribution in [2.24, 2.45) is 0 Å². The van der Waals surface area contributed by atoms with Gasteiger partial charge in [0.25, 0.3) is 0 Å². The van der Waals surface area contributed by atoms with Gasteiger partial charge in [0, 0.05) is 11.1 Å². The molecule has 15 heteroatoms. The van der Waals surface area contributed by atoms with Crippen molar-refractivity contribution in [1.29, 1.82) is 0 Å². The first-order chi connectivity index (χ1) is 13.7. The van der Waals surface area contributed by atoms with Crippen LogP contribution >= 0.6 is 0 Å². The van der Waals surface area contributed by atoms with E-state index in [9.17, 15) is 67.4 Å². The topological polar surface area (TPSA) is 54.4 Å². The SMILES string of the molecule is O=C1C(C(=O)C2(F)C(F)(F)C(F)(F)C(F)(F)C(F)(F)C2(F)F)=C(O)c2cc(F)ccc21. The number of carbonyl (C=O) groups excluding carboxylic acids is 2. The minimum Gasteiger partial charge on any atom is -0.506 e. The molecule has 31 heavy (non-hydrogen) atoms. The number of rotatable bonds is 2. The first-order valence-corrected chi connectivity index (χ1v) is 7.64. The average molecular weight is 472 g/mol. The highest BCUT2D eigenvalue weighted by atomic mass is 19.4. The van der Waals surface area contributed by atoms with Crippen LogP contribution in [0.4, 0.5) is 52.7 Å². The maximum absolute atomic E-state index is 14.8. The molecule has 2 aliphatic carbocycles. The van der Waals surface area contributed by atoms with Crippen LogP contribution < -0.4 is 0 Å². The summed E-state index contributed by atoms with van der Waals surface area (Å²) < 4.78 is 165. The van der Waals surface area contributed by atoms with E-state index in [-0.39, 0.29) is 6.07 Å². The molecule has 0 atom stereocenters. The lowest BCUT2D eigenvalue weighted by molar-refractivity contribution is -0.475. The van der Waals surface area contributed by atoms with Crippen molar-refractivity contribution >= 4 is 17.3 Å². The summed E-state index contributed by atoms with van der Waals surface area (Å²) in [7, 11) is 0. The zero-order valence-corrected chi connectivity index (χ0v) is 14.0. The van der Waals surface area contributed by atoms with E-state index < -0.39 is 75.1 Å². The molecule has 1 aromatic rings. The number of Topliss-reactive ketones (excluding diaryl/α,β-unsaturated/α-hetero) is 2. The van der Waals surface area contributed by atoms with E-state index in [0.29, 0.717) is 12.1 Å². The Hall–Kier alpha value is -2.74. The zero-order valence-electron chi connectivity index (χ0n) is 14.0. The number of alkyl halides is 11. The molecule has 0 amide bonds.